The normalized spacial score (nSPS) is 23.0. The second-order valence-electron chi connectivity index (χ2n) is 7.59. The topological polar surface area (TPSA) is 63.4 Å². The molecule has 2 heterocycles. The van der Waals surface area contributed by atoms with Gasteiger partial charge in [-0.2, -0.15) is 0 Å². The first kappa shape index (κ1) is 17.3. The lowest BCUT2D eigenvalue weighted by Gasteiger charge is -2.41. The fourth-order valence-electron chi connectivity index (χ4n) is 4.05. The highest BCUT2D eigenvalue weighted by atomic mass is 32.1. The molecule has 26 heavy (non-hydrogen) atoms. The van der Waals surface area contributed by atoms with Gasteiger partial charge in [-0.3, -0.25) is 9.59 Å². The molecule has 1 saturated carbocycles. The lowest BCUT2D eigenvalue weighted by Crippen LogP contribution is -2.53. The zero-order chi connectivity index (χ0) is 18.1. The van der Waals surface area contributed by atoms with E-state index < -0.39 is 5.41 Å². The van der Waals surface area contributed by atoms with E-state index in [-0.39, 0.29) is 17.7 Å². The fourth-order valence-corrected chi connectivity index (χ4v) is 4.84. The molecule has 0 unspecified atom stereocenters. The van der Waals surface area contributed by atoms with E-state index in [1.54, 1.807) is 11.3 Å². The SMILES string of the molecule is NC(=O)[C@@]1(Cc2ccccc2-c2cccs2)CCCN(C(=O)C2CC2)C1. The number of carbonyl (C=O) groups is 2. The van der Waals surface area contributed by atoms with Gasteiger partial charge in [-0.1, -0.05) is 30.3 Å². The predicted molar refractivity (Wildman–Crippen MR) is 104 cm³/mol. The minimum absolute atomic E-state index is 0.178. The van der Waals surface area contributed by atoms with Crippen molar-refractivity contribution in [3.63, 3.8) is 0 Å². The Morgan fingerprint density at radius 2 is 2.00 bits per heavy atom. The number of hydrogen-bond acceptors (Lipinski definition) is 3. The Kier molecular flexibility index (Phi) is 4.57. The molecule has 4 nitrogen and oxygen atoms in total. The summed E-state index contributed by atoms with van der Waals surface area (Å²) in [6, 6.07) is 12.4. The molecule has 1 saturated heterocycles. The number of piperidine rings is 1. The van der Waals surface area contributed by atoms with Gasteiger partial charge >= 0.3 is 0 Å². The molecule has 0 radical (unpaired) electrons. The van der Waals surface area contributed by atoms with Gasteiger partial charge in [-0.25, -0.2) is 0 Å². The zero-order valence-corrected chi connectivity index (χ0v) is 15.6. The van der Waals surface area contributed by atoms with Crippen LogP contribution in [0, 0.1) is 11.3 Å². The lowest BCUT2D eigenvalue weighted by molar-refractivity contribution is -0.140. The molecule has 1 aromatic heterocycles. The molecule has 136 valence electrons. The second kappa shape index (κ2) is 6.88. The minimum Gasteiger partial charge on any atom is -0.369 e. The summed E-state index contributed by atoms with van der Waals surface area (Å²) < 4.78 is 0. The van der Waals surface area contributed by atoms with E-state index in [2.05, 4.69) is 23.6 Å². The van der Waals surface area contributed by atoms with Crippen molar-refractivity contribution in [2.45, 2.75) is 32.1 Å². The van der Waals surface area contributed by atoms with Gasteiger partial charge in [0.2, 0.25) is 11.8 Å². The number of amides is 2. The number of primary amides is 1. The number of nitrogens with two attached hydrogens (primary N) is 1. The molecule has 2 fully saturated rings. The van der Waals surface area contributed by atoms with Crippen LogP contribution in [0.5, 0.6) is 0 Å². The summed E-state index contributed by atoms with van der Waals surface area (Å²) in [6.07, 6.45) is 4.14. The minimum atomic E-state index is -0.670. The van der Waals surface area contributed by atoms with Crippen LogP contribution in [0.2, 0.25) is 0 Å². The second-order valence-corrected chi connectivity index (χ2v) is 8.54. The van der Waals surface area contributed by atoms with Gasteiger partial charge in [-0.15, -0.1) is 11.3 Å². The third-order valence-corrected chi connectivity index (χ3v) is 6.57. The van der Waals surface area contributed by atoms with E-state index in [9.17, 15) is 9.59 Å². The quantitative estimate of drug-likeness (QED) is 0.878. The summed E-state index contributed by atoms with van der Waals surface area (Å²) >= 11 is 1.70. The average Bonchev–Trinajstić information content (AvgIpc) is 3.36. The third-order valence-electron chi connectivity index (χ3n) is 5.67. The van der Waals surface area contributed by atoms with E-state index in [1.165, 1.54) is 4.88 Å². The van der Waals surface area contributed by atoms with E-state index in [1.807, 2.05) is 23.1 Å². The largest absolute Gasteiger partial charge is 0.369 e. The molecule has 1 aliphatic carbocycles. The molecule has 0 spiro atoms. The summed E-state index contributed by atoms with van der Waals surface area (Å²) in [6.45, 7) is 1.20. The van der Waals surface area contributed by atoms with Crippen molar-refractivity contribution in [1.82, 2.24) is 4.90 Å². The standard InChI is InChI=1S/C21H24N2O2S/c22-20(25)21(10-4-11-23(14-21)19(24)15-8-9-15)13-16-5-1-2-6-17(16)18-7-3-12-26-18/h1-3,5-7,12,15H,4,8-11,13-14H2,(H2,22,25)/t21-/m1/s1. The van der Waals surface area contributed by atoms with Crippen molar-refractivity contribution in [3.8, 4) is 10.4 Å². The zero-order valence-electron chi connectivity index (χ0n) is 14.8. The van der Waals surface area contributed by atoms with Crippen LogP contribution in [-0.2, 0) is 16.0 Å². The first-order valence-corrected chi connectivity index (χ1v) is 10.2. The number of carbonyl (C=O) groups excluding carboxylic acids is 2. The van der Waals surface area contributed by atoms with Crippen molar-refractivity contribution < 1.29 is 9.59 Å². The van der Waals surface area contributed by atoms with Gasteiger partial charge in [0.05, 0.1) is 5.41 Å². The first-order chi connectivity index (χ1) is 12.6. The van der Waals surface area contributed by atoms with Gasteiger partial charge in [-0.05, 0) is 54.7 Å². The lowest BCUT2D eigenvalue weighted by atomic mass is 9.73. The van der Waals surface area contributed by atoms with E-state index in [4.69, 9.17) is 5.73 Å². The van der Waals surface area contributed by atoms with Crippen molar-refractivity contribution in [1.29, 1.82) is 0 Å². The van der Waals surface area contributed by atoms with Crippen LogP contribution in [0.1, 0.15) is 31.2 Å². The fraction of sp³-hybridized carbons (Fsp3) is 0.429. The average molecular weight is 369 g/mol. The van der Waals surface area contributed by atoms with E-state index in [0.717, 1.165) is 43.4 Å². The van der Waals surface area contributed by atoms with Crippen LogP contribution >= 0.6 is 11.3 Å². The van der Waals surface area contributed by atoms with Crippen molar-refractivity contribution in [2.75, 3.05) is 13.1 Å². The molecule has 0 bridgehead atoms. The van der Waals surface area contributed by atoms with Crippen LogP contribution in [0.15, 0.2) is 41.8 Å². The number of benzene rings is 1. The molecule has 1 aromatic carbocycles. The number of thiophene rings is 1. The van der Waals surface area contributed by atoms with E-state index in [0.29, 0.717) is 13.0 Å². The Hall–Kier alpha value is -2.14. The summed E-state index contributed by atoms with van der Waals surface area (Å²) in [4.78, 5) is 28.2. The maximum absolute atomic E-state index is 12.6. The first-order valence-electron chi connectivity index (χ1n) is 9.29. The number of nitrogens with zero attached hydrogens (tertiary/aromatic N) is 1. The van der Waals surface area contributed by atoms with Gasteiger partial charge in [0.15, 0.2) is 0 Å². The number of likely N-dealkylation sites (tertiary alicyclic amines) is 1. The Morgan fingerprint density at radius 3 is 2.69 bits per heavy atom. The molecule has 1 atom stereocenters. The molecule has 2 aliphatic rings. The van der Waals surface area contributed by atoms with Crippen LogP contribution in [0.25, 0.3) is 10.4 Å². The van der Waals surface area contributed by atoms with Crippen LogP contribution in [0.3, 0.4) is 0 Å². The Balaban J connectivity index is 1.63. The smallest absolute Gasteiger partial charge is 0.225 e. The van der Waals surface area contributed by atoms with Crippen LogP contribution in [-0.4, -0.2) is 29.8 Å². The molecular formula is C21H24N2O2S. The van der Waals surface area contributed by atoms with Crippen molar-refractivity contribution >= 4 is 23.2 Å². The molecule has 1 aliphatic heterocycles. The Bertz CT molecular complexity index is 813. The summed E-state index contributed by atoms with van der Waals surface area (Å²) in [7, 11) is 0. The van der Waals surface area contributed by atoms with Gasteiger partial charge < -0.3 is 10.6 Å². The van der Waals surface area contributed by atoms with Crippen molar-refractivity contribution in [3.05, 3.63) is 47.3 Å². The molecular weight excluding hydrogens is 344 g/mol. The third kappa shape index (κ3) is 3.28. The maximum atomic E-state index is 12.6. The predicted octanol–water partition coefficient (Wildman–Crippen LogP) is 3.46. The number of rotatable bonds is 5. The highest BCUT2D eigenvalue weighted by Gasteiger charge is 2.44. The maximum Gasteiger partial charge on any atom is 0.225 e. The molecule has 2 aromatic rings. The number of hydrogen-bond donors (Lipinski definition) is 1. The van der Waals surface area contributed by atoms with Gasteiger partial charge in [0, 0.05) is 23.9 Å². The van der Waals surface area contributed by atoms with Gasteiger partial charge in [0.25, 0.3) is 0 Å². The summed E-state index contributed by atoms with van der Waals surface area (Å²) in [5.74, 6) is 0.103. The molecule has 2 N–H and O–H groups in total. The van der Waals surface area contributed by atoms with Crippen LogP contribution < -0.4 is 5.73 Å². The Morgan fingerprint density at radius 1 is 1.19 bits per heavy atom. The molecule has 4 rings (SSSR count). The summed E-state index contributed by atoms with van der Waals surface area (Å²) in [5, 5.41) is 2.06. The highest BCUT2D eigenvalue weighted by Crippen LogP contribution is 2.39. The highest BCUT2D eigenvalue weighted by molar-refractivity contribution is 7.13. The summed E-state index contributed by atoms with van der Waals surface area (Å²) in [5.41, 5.74) is 7.52. The molecule has 5 heteroatoms. The van der Waals surface area contributed by atoms with E-state index >= 15 is 0 Å². The van der Waals surface area contributed by atoms with Crippen LogP contribution in [0.4, 0.5) is 0 Å². The van der Waals surface area contributed by atoms with Crippen molar-refractivity contribution in [2.24, 2.45) is 17.1 Å². The monoisotopic (exact) mass is 368 g/mol. The van der Waals surface area contributed by atoms with Gasteiger partial charge in [0.1, 0.15) is 0 Å². The Labute approximate surface area is 158 Å². The molecule has 2 amide bonds.